The fourth-order valence-corrected chi connectivity index (χ4v) is 3.25. The van der Waals surface area contributed by atoms with Crippen molar-refractivity contribution in [3.05, 3.63) is 77.2 Å². The third kappa shape index (κ3) is 2.38. The summed E-state index contributed by atoms with van der Waals surface area (Å²) in [6.07, 6.45) is 3.85. The topological polar surface area (TPSA) is 29.3 Å². The van der Waals surface area contributed by atoms with Crippen LogP contribution >= 0.6 is 11.3 Å². The molecule has 4 heteroatoms. The molecule has 4 aromatic rings. The molecule has 3 aromatic heterocycles. The molecule has 108 valence electrons. The van der Waals surface area contributed by atoms with Crippen molar-refractivity contribution in [3.63, 3.8) is 0 Å². The summed E-state index contributed by atoms with van der Waals surface area (Å²) in [5.74, 6) is 0.915. The van der Waals surface area contributed by atoms with E-state index in [1.807, 2.05) is 18.5 Å². The van der Waals surface area contributed by atoms with E-state index in [9.17, 15) is 0 Å². The minimum atomic E-state index is 0.802. The molecule has 0 spiro atoms. The van der Waals surface area contributed by atoms with Crippen molar-refractivity contribution in [1.82, 2.24) is 9.38 Å². The Balaban J connectivity index is 1.71. The highest BCUT2D eigenvalue weighted by molar-refractivity contribution is 7.09. The smallest absolute Gasteiger partial charge is 0.150 e. The van der Waals surface area contributed by atoms with Crippen LogP contribution in [0, 0.1) is 0 Å². The molecule has 0 saturated carbocycles. The van der Waals surface area contributed by atoms with Crippen LogP contribution in [0.5, 0.6) is 0 Å². The van der Waals surface area contributed by atoms with Crippen molar-refractivity contribution in [2.24, 2.45) is 0 Å². The van der Waals surface area contributed by atoms with Crippen LogP contribution in [-0.2, 0) is 6.54 Å². The highest BCUT2D eigenvalue weighted by Gasteiger charge is 2.08. The molecule has 0 bridgehead atoms. The SMILES string of the molecule is c1ccc(-c2ccc3c(NCc4cccs4)nccn23)cc1. The van der Waals surface area contributed by atoms with E-state index in [2.05, 4.69) is 68.6 Å². The van der Waals surface area contributed by atoms with Gasteiger partial charge in [0, 0.05) is 17.3 Å². The first kappa shape index (κ1) is 13.1. The maximum Gasteiger partial charge on any atom is 0.150 e. The summed E-state index contributed by atoms with van der Waals surface area (Å²) in [7, 11) is 0. The number of benzene rings is 1. The van der Waals surface area contributed by atoms with Gasteiger partial charge in [-0.15, -0.1) is 11.3 Å². The normalized spacial score (nSPS) is 10.9. The predicted octanol–water partition coefficient (Wildman–Crippen LogP) is 4.67. The molecular formula is C18H15N3S. The summed E-state index contributed by atoms with van der Waals surface area (Å²) in [6.45, 7) is 0.802. The molecule has 0 saturated heterocycles. The zero-order valence-corrected chi connectivity index (χ0v) is 12.8. The summed E-state index contributed by atoms with van der Waals surface area (Å²) < 4.78 is 2.18. The molecule has 1 aromatic carbocycles. The van der Waals surface area contributed by atoms with Gasteiger partial charge in [0.2, 0.25) is 0 Å². The van der Waals surface area contributed by atoms with Crippen LogP contribution in [0.1, 0.15) is 4.88 Å². The zero-order valence-electron chi connectivity index (χ0n) is 11.9. The highest BCUT2D eigenvalue weighted by atomic mass is 32.1. The summed E-state index contributed by atoms with van der Waals surface area (Å²) >= 11 is 1.75. The average Bonchev–Trinajstić information content (AvgIpc) is 3.23. The lowest BCUT2D eigenvalue weighted by molar-refractivity contribution is 1.10. The van der Waals surface area contributed by atoms with Crippen molar-refractivity contribution in [2.75, 3.05) is 5.32 Å². The molecule has 0 fully saturated rings. The van der Waals surface area contributed by atoms with Crippen LogP contribution in [0.2, 0.25) is 0 Å². The molecular weight excluding hydrogens is 290 g/mol. The van der Waals surface area contributed by atoms with E-state index in [0.29, 0.717) is 0 Å². The summed E-state index contributed by atoms with van der Waals surface area (Å²) in [4.78, 5) is 5.79. The number of thiophene rings is 1. The van der Waals surface area contributed by atoms with Gasteiger partial charge in [0.25, 0.3) is 0 Å². The molecule has 3 nitrogen and oxygen atoms in total. The molecule has 0 unspecified atom stereocenters. The molecule has 22 heavy (non-hydrogen) atoms. The van der Waals surface area contributed by atoms with E-state index < -0.39 is 0 Å². The second-order valence-corrected chi connectivity index (χ2v) is 6.08. The van der Waals surface area contributed by atoms with Gasteiger partial charge in [0.05, 0.1) is 17.8 Å². The number of hydrogen-bond donors (Lipinski definition) is 1. The largest absolute Gasteiger partial charge is 0.363 e. The van der Waals surface area contributed by atoms with E-state index in [4.69, 9.17) is 0 Å². The van der Waals surface area contributed by atoms with Gasteiger partial charge in [-0.25, -0.2) is 4.98 Å². The second-order valence-electron chi connectivity index (χ2n) is 5.05. The van der Waals surface area contributed by atoms with E-state index in [1.54, 1.807) is 11.3 Å². The molecule has 0 aliphatic heterocycles. The van der Waals surface area contributed by atoms with Crippen molar-refractivity contribution in [1.29, 1.82) is 0 Å². The average molecular weight is 305 g/mol. The molecule has 3 heterocycles. The standard InChI is InChI=1S/C18H15N3S/c1-2-5-14(6-3-1)16-8-9-17-18(19-10-11-21(16)17)20-13-15-7-4-12-22-15/h1-12H,13H2,(H,19,20). The maximum atomic E-state index is 4.49. The van der Waals surface area contributed by atoms with Gasteiger partial charge in [0.15, 0.2) is 5.82 Å². The zero-order chi connectivity index (χ0) is 14.8. The Morgan fingerprint density at radius 1 is 1.00 bits per heavy atom. The third-order valence-corrected chi connectivity index (χ3v) is 4.54. The second kappa shape index (κ2) is 5.66. The van der Waals surface area contributed by atoms with Crippen molar-refractivity contribution in [2.45, 2.75) is 6.54 Å². The van der Waals surface area contributed by atoms with Crippen LogP contribution in [0.25, 0.3) is 16.8 Å². The van der Waals surface area contributed by atoms with Gasteiger partial charge in [-0.3, -0.25) is 0 Å². The van der Waals surface area contributed by atoms with Crippen molar-refractivity contribution in [3.8, 4) is 11.3 Å². The van der Waals surface area contributed by atoms with Crippen LogP contribution in [0.3, 0.4) is 0 Å². The Hall–Kier alpha value is -2.59. The lowest BCUT2D eigenvalue weighted by atomic mass is 10.2. The lowest BCUT2D eigenvalue weighted by Crippen LogP contribution is -2.02. The van der Waals surface area contributed by atoms with Gasteiger partial charge in [-0.1, -0.05) is 36.4 Å². The number of anilines is 1. The fourth-order valence-electron chi connectivity index (χ4n) is 2.61. The first-order valence-electron chi connectivity index (χ1n) is 7.19. The highest BCUT2D eigenvalue weighted by Crippen LogP contribution is 2.25. The monoisotopic (exact) mass is 305 g/mol. The van der Waals surface area contributed by atoms with E-state index in [1.165, 1.54) is 16.1 Å². The molecule has 0 radical (unpaired) electrons. The van der Waals surface area contributed by atoms with Crippen LogP contribution < -0.4 is 5.32 Å². The minimum absolute atomic E-state index is 0.802. The molecule has 0 aliphatic rings. The summed E-state index contributed by atoms with van der Waals surface area (Å²) in [5, 5.41) is 5.53. The molecule has 0 aliphatic carbocycles. The number of rotatable bonds is 4. The van der Waals surface area contributed by atoms with Gasteiger partial charge in [-0.05, 0) is 29.1 Å². The molecule has 1 N–H and O–H groups in total. The van der Waals surface area contributed by atoms with Gasteiger partial charge >= 0.3 is 0 Å². The Morgan fingerprint density at radius 2 is 1.91 bits per heavy atom. The summed E-state index contributed by atoms with van der Waals surface area (Å²) in [5.41, 5.74) is 3.48. The number of aromatic nitrogens is 2. The Morgan fingerprint density at radius 3 is 2.73 bits per heavy atom. The number of nitrogens with one attached hydrogen (secondary N) is 1. The van der Waals surface area contributed by atoms with Crippen LogP contribution in [-0.4, -0.2) is 9.38 Å². The Labute approximate surface area is 132 Å². The lowest BCUT2D eigenvalue weighted by Gasteiger charge is -2.08. The van der Waals surface area contributed by atoms with E-state index >= 15 is 0 Å². The first-order chi connectivity index (χ1) is 10.9. The quantitative estimate of drug-likeness (QED) is 0.593. The first-order valence-corrected chi connectivity index (χ1v) is 8.07. The Kier molecular flexibility index (Phi) is 3.37. The molecule has 4 rings (SSSR count). The van der Waals surface area contributed by atoms with Crippen molar-refractivity contribution < 1.29 is 0 Å². The maximum absolute atomic E-state index is 4.49. The molecule has 0 atom stereocenters. The van der Waals surface area contributed by atoms with E-state index in [0.717, 1.165) is 17.9 Å². The summed E-state index contributed by atoms with van der Waals surface area (Å²) in [6, 6.07) is 18.9. The Bertz CT molecular complexity index is 879. The molecule has 0 amide bonds. The third-order valence-electron chi connectivity index (χ3n) is 3.66. The van der Waals surface area contributed by atoms with Gasteiger partial charge in [-0.2, -0.15) is 0 Å². The van der Waals surface area contributed by atoms with Crippen LogP contribution in [0.15, 0.2) is 72.4 Å². The predicted molar refractivity (Wildman–Crippen MR) is 92.3 cm³/mol. The van der Waals surface area contributed by atoms with Gasteiger partial charge < -0.3 is 9.72 Å². The number of fused-ring (bicyclic) bond motifs is 1. The van der Waals surface area contributed by atoms with Gasteiger partial charge in [0.1, 0.15) is 0 Å². The van der Waals surface area contributed by atoms with Crippen LogP contribution in [0.4, 0.5) is 5.82 Å². The van der Waals surface area contributed by atoms with E-state index in [-0.39, 0.29) is 0 Å². The number of hydrogen-bond acceptors (Lipinski definition) is 3. The fraction of sp³-hybridized carbons (Fsp3) is 0.0556. The van der Waals surface area contributed by atoms with Crippen molar-refractivity contribution >= 4 is 22.7 Å². The minimum Gasteiger partial charge on any atom is -0.363 e. The number of nitrogens with zero attached hydrogens (tertiary/aromatic N) is 2.